The number of benzene rings is 2. The molecule has 0 saturated carbocycles. The van der Waals surface area contributed by atoms with Crippen molar-refractivity contribution in [3.8, 4) is 5.75 Å². The van der Waals surface area contributed by atoms with Gasteiger partial charge in [0.1, 0.15) is 0 Å². The molecule has 0 saturated heterocycles. The van der Waals surface area contributed by atoms with Gasteiger partial charge in [-0.25, -0.2) is 8.42 Å². The van der Waals surface area contributed by atoms with Crippen molar-refractivity contribution in [3.63, 3.8) is 0 Å². The minimum atomic E-state index is -6.12. The highest BCUT2D eigenvalue weighted by atomic mass is 32.3. The van der Waals surface area contributed by atoms with Gasteiger partial charge in [-0.2, -0.15) is 21.6 Å². The molecule has 24 heavy (non-hydrogen) atoms. The van der Waals surface area contributed by atoms with Crippen LogP contribution in [0.4, 0.5) is 13.2 Å². The summed E-state index contributed by atoms with van der Waals surface area (Å²) < 4.78 is 86.9. The number of hydrogen-bond donors (Lipinski definition) is 1. The molecule has 0 atom stereocenters. The lowest BCUT2D eigenvalue weighted by atomic mass is 10.0. The number of fused-ring (bicyclic) bond motifs is 1. The topological polar surface area (TPSA) is 89.5 Å². The summed E-state index contributed by atoms with van der Waals surface area (Å²) in [5.74, 6) is -0.332. The van der Waals surface area contributed by atoms with Crippen LogP contribution < -0.4 is 8.31 Å². The number of hydrogen-bond acceptors (Lipinski definition) is 5. The molecular weight excluding hydrogens is 371 g/mol. The molecule has 0 aliphatic carbocycles. The molecule has 0 fully saturated rings. The van der Waals surface area contributed by atoms with Crippen LogP contribution in [0.5, 0.6) is 5.75 Å². The molecule has 2 aromatic carbocycles. The molecule has 0 aliphatic rings. The molecule has 130 valence electrons. The maximum Gasteiger partial charge on any atom is 0.512 e. The van der Waals surface area contributed by atoms with Crippen LogP contribution in [-0.2, 0) is 20.3 Å². The number of sulfonamides is 1. The van der Waals surface area contributed by atoms with Crippen molar-refractivity contribution in [1.82, 2.24) is 4.13 Å². The zero-order valence-corrected chi connectivity index (χ0v) is 13.4. The van der Waals surface area contributed by atoms with E-state index < -0.39 is 25.8 Å². The summed E-state index contributed by atoms with van der Waals surface area (Å²) in [6.07, 6.45) is 1.49. The second-order valence-corrected chi connectivity index (χ2v) is 7.68. The average Bonchev–Trinajstić information content (AvgIpc) is 2.45. The molecule has 0 radical (unpaired) electrons. The van der Waals surface area contributed by atoms with Gasteiger partial charge in [0.05, 0.1) is 0 Å². The zero-order valence-electron chi connectivity index (χ0n) is 11.7. The van der Waals surface area contributed by atoms with Crippen LogP contribution in [0.15, 0.2) is 43.0 Å². The quantitative estimate of drug-likeness (QED) is 0.860. The Morgan fingerprint density at radius 2 is 1.58 bits per heavy atom. The highest BCUT2D eigenvalue weighted by Gasteiger charge is 2.48. The number of halogens is 3. The van der Waals surface area contributed by atoms with E-state index in [1.807, 2.05) is 0 Å². The number of nitrogens with one attached hydrogen (secondary N) is 1. The van der Waals surface area contributed by atoms with Gasteiger partial charge in [0.15, 0.2) is 5.75 Å². The fourth-order valence-electron chi connectivity index (χ4n) is 1.86. The van der Waals surface area contributed by atoms with Crippen molar-refractivity contribution < 1.29 is 34.2 Å². The Kier molecular flexibility index (Phi) is 4.61. The van der Waals surface area contributed by atoms with Gasteiger partial charge in [0.25, 0.3) is 0 Å². The smallest absolute Gasteiger partial charge is 0.370 e. The summed E-state index contributed by atoms with van der Waals surface area (Å²) in [7, 11) is -11.4. The Labute approximate surface area is 135 Å². The normalized spacial score (nSPS) is 13.0. The summed E-state index contributed by atoms with van der Waals surface area (Å²) in [6, 6.07) is 8.89. The van der Waals surface area contributed by atoms with Crippen LogP contribution in [0.25, 0.3) is 16.8 Å². The highest BCUT2D eigenvalue weighted by Crippen LogP contribution is 2.30. The van der Waals surface area contributed by atoms with Crippen molar-refractivity contribution in [2.24, 2.45) is 0 Å². The predicted octanol–water partition coefficient (Wildman–Crippen LogP) is 2.55. The van der Waals surface area contributed by atoms with Crippen LogP contribution in [0.3, 0.4) is 0 Å². The van der Waals surface area contributed by atoms with Gasteiger partial charge in [-0.05, 0) is 17.0 Å². The van der Waals surface area contributed by atoms with Crippen molar-refractivity contribution in [1.29, 1.82) is 0 Å². The Morgan fingerprint density at radius 1 is 1.00 bits per heavy atom. The predicted molar refractivity (Wildman–Crippen MR) is 81.7 cm³/mol. The first-order chi connectivity index (χ1) is 11.0. The fraction of sp³-hybridized carbons (Fsp3) is 0.0769. The largest absolute Gasteiger partial charge is 0.512 e. The third-order valence-corrected chi connectivity index (χ3v) is 5.56. The lowest BCUT2D eigenvalue weighted by Crippen LogP contribution is -2.42. The van der Waals surface area contributed by atoms with Crippen LogP contribution in [0.2, 0.25) is 0 Å². The zero-order chi connectivity index (χ0) is 18.2. The molecule has 0 spiro atoms. The maximum atomic E-state index is 12.3. The molecule has 0 bridgehead atoms. The minimum Gasteiger partial charge on any atom is -0.370 e. The third-order valence-electron chi connectivity index (χ3n) is 2.85. The Bertz CT molecular complexity index is 998. The van der Waals surface area contributed by atoms with Gasteiger partial charge in [0, 0.05) is 5.39 Å². The molecule has 2 aromatic rings. The fourth-order valence-corrected chi connectivity index (χ4v) is 3.83. The van der Waals surface area contributed by atoms with E-state index in [2.05, 4.69) is 10.8 Å². The van der Waals surface area contributed by atoms with Crippen molar-refractivity contribution >= 4 is 37.2 Å². The van der Waals surface area contributed by atoms with E-state index in [1.54, 1.807) is 18.2 Å². The summed E-state index contributed by atoms with van der Waals surface area (Å²) in [5.41, 5.74) is -5.16. The lowest BCUT2D eigenvalue weighted by molar-refractivity contribution is -0.0442. The van der Waals surface area contributed by atoms with Gasteiger partial charge < -0.3 is 4.18 Å². The van der Waals surface area contributed by atoms with Crippen molar-refractivity contribution in [3.05, 3.63) is 48.5 Å². The van der Waals surface area contributed by atoms with E-state index in [9.17, 15) is 30.0 Å². The first-order valence-corrected chi connectivity index (χ1v) is 9.04. The number of rotatable bonds is 5. The lowest BCUT2D eigenvalue weighted by Gasteiger charge is -2.13. The Morgan fingerprint density at radius 3 is 2.12 bits per heavy atom. The molecule has 11 heteroatoms. The van der Waals surface area contributed by atoms with E-state index in [0.717, 1.165) is 0 Å². The van der Waals surface area contributed by atoms with Crippen LogP contribution in [0.1, 0.15) is 5.56 Å². The van der Waals surface area contributed by atoms with Crippen LogP contribution in [-0.4, -0.2) is 22.3 Å². The Balaban J connectivity index is 2.45. The molecule has 0 amide bonds. The molecule has 0 unspecified atom stereocenters. The van der Waals surface area contributed by atoms with Crippen LogP contribution in [0, 0.1) is 0 Å². The SMILES string of the molecule is C=Cc1ccc(OS(=O)(=O)NS(=O)(=O)C(F)(F)F)c2ccccc12. The van der Waals surface area contributed by atoms with E-state index in [-0.39, 0.29) is 11.1 Å². The second kappa shape index (κ2) is 6.07. The maximum absolute atomic E-state index is 12.3. The van der Waals surface area contributed by atoms with Gasteiger partial charge in [0.2, 0.25) is 0 Å². The van der Waals surface area contributed by atoms with E-state index in [0.29, 0.717) is 15.1 Å². The second-order valence-electron chi connectivity index (χ2n) is 4.47. The van der Waals surface area contributed by atoms with Crippen LogP contribution >= 0.6 is 0 Å². The van der Waals surface area contributed by atoms with E-state index in [4.69, 9.17) is 0 Å². The first-order valence-electron chi connectivity index (χ1n) is 6.15. The standard InChI is InChI=1S/C13H10F3NO5S2/c1-2-9-7-8-12(11-6-4-3-5-10(9)11)22-24(20,21)17-23(18,19)13(14,15)16/h2-8,17H,1H2. The molecule has 6 nitrogen and oxygen atoms in total. The van der Waals surface area contributed by atoms with Gasteiger partial charge in [-0.15, -0.1) is 0 Å². The molecule has 0 aliphatic heterocycles. The van der Waals surface area contributed by atoms with E-state index in [1.165, 1.54) is 24.3 Å². The third kappa shape index (κ3) is 3.68. The van der Waals surface area contributed by atoms with E-state index >= 15 is 0 Å². The summed E-state index contributed by atoms with van der Waals surface area (Å²) in [5, 5.41) is 0.781. The monoisotopic (exact) mass is 381 g/mol. The molecule has 0 heterocycles. The Hall–Kier alpha value is -2.11. The first kappa shape index (κ1) is 18.2. The number of alkyl halides is 3. The molecular formula is C13H10F3NO5S2. The molecule has 2 rings (SSSR count). The minimum absolute atomic E-state index is 0.254. The van der Waals surface area contributed by atoms with Gasteiger partial charge in [-0.3, -0.25) is 0 Å². The average molecular weight is 381 g/mol. The van der Waals surface area contributed by atoms with Gasteiger partial charge in [-0.1, -0.05) is 47.1 Å². The van der Waals surface area contributed by atoms with Crippen molar-refractivity contribution in [2.75, 3.05) is 0 Å². The summed E-state index contributed by atoms with van der Waals surface area (Å²) in [6.45, 7) is 3.59. The molecule has 0 aromatic heterocycles. The summed E-state index contributed by atoms with van der Waals surface area (Å²) in [4.78, 5) is 0. The summed E-state index contributed by atoms with van der Waals surface area (Å²) >= 11 is 0. The highest BCUT2D eigenvalue weighted by molar-refractivity contribution is 8.03. The van der Waals surface area contributed by atoms with Gasteiger partial charge >= 0.3 is 25.8 Å². The van der Waals surface area contributed by atoms with Crippen molar-refractivity contribution in [2.45, 2.75) is 5.51 Å². The molecule has 1 N–H and O–H groups in total.